The molecule has 2 aromatic carbocycles. The van der Waals surface area contributed by atoms with Crippen molar-refractivity contribution in [3.63, 3.8) is 0 Å². The number of nitrogens with zero attached hydrogens (tertiary/aromatic N) is 3. The van der Waals surface area contributed by atoms with Crippen molar-refractivity contribution in [1.82, 2.24) is 0 Å². The summed E-state index contributed by atoms with van der Waals surface area (Å²) in [6.07, 6.45) is -4.62. The highest BCUT2D eigenvalue weighted by Crippen LogP contribution is 2.37. The molecule has 1 heterocycles. The summed E-state index contributed by atoms with van der Waals surface area (Å²) in [5.41, 5.74) is -0.373. The first kappa shape index (κ1) is 18.8. The van der Waals surface area contributed by atoms with Crippen molar-refractivity contribution in [3.05, 3.63) is 58.1 Å². The number of hydrogen-bond donors (Lipinski definition) is 0. The highest BCUT2D eigenvalue weighted by molar-refractivity contribution is 5.65. The number of hydrogen-bond acceptors (Lipinski definition) is 5. The van der Waals surface area contributed by atoms with Gasteiger partial charge in [-0.05, 0) is 24.3 Å². The van der Waals surface area contributed by atoms with Crippen molar-refractivity contribution in [2.75, 3.05) is 43.1 Å². The Morgan fingerprint density at radius 1 is 1.04 bits per heavy atom. The van der Waals surface area contributed by atoms with Crippen molar-refractivity contribution in [1.29, 1.82) is 0 Å². The largest absolute Gasteiger partial charge is 0.497 e. The van der Waals surface area contributed by atoms with Crippen molar-refractivity contribution < 1.29 is 22.8 Å². The van der Waals surface area contributed by atoms with Gasteiger partial charge in [-0.25, -0.2) is 0 Å². The lowest BCUT2D eigenvalue weighted by Gasteiger charge is -2.37. The zero-order chi connectivity index (χ0) is 19.6. The normalized spacial score (nSPS) is 15.0. The molecule has 27 heavy (non-hydrogen) atoms. The smallest absolute Gasteiger partial charge is 0.416 e. The number of piperazine rings is 1. The fraction of sp³-hybridized carbons (Fsp3) is 0.333. The maximum absolute atomic E-state index is 12.9. The van der Waals surface area contributed by atoms with E-state index in [2.05, 4.69) is 4.90 Å². The molecule has 1 fully saturated rings. The first-order chi connectivity index (χ1) is 12.8. The number of halogens is 3. The number of ether oxygens (including phenoxy) is 1. The SMILES string of the molecule is COc1cccc(N2CCN(c3ccc(C(F)(F)F)cc3[N+](=O)[O-])CC2)c1. The molecule has 3 rings (SSSR count). The minimum absolute atomic E-state index is 0.207. The predicted molar refractivity (Wildman–Crippen MR) is 95.5 cm³/mol. The Balaban J connectivity index is 1.78. The summed E-state index contributed by atoms with van der Waals surface area (Å²) in [4.78, 5) is 14.4. The standard InChI is InChI=1S/C18H18F3N3O3/c1-27-15-4-2-3-14(12-15)22-7-9-23(10-8-22)16-6-5-13(18(19,20)21)11-17(16)24(25)26/h2-6,11-12H,7-10H2,1H3. The van der Waals surface area contributed by atoms with Crippen LogP contribution in [0.5, 0.6) is 5.75 Å². The van der Waals surface area contributed by atoms with Gasteiger partial charge in [0.1, 0.15) is 11.4 Å². The van der Waals surface area contributed by atoms with E-state index < -0.39 is 22.4 Å². The van der Waals surface area contributed by atoms with Crippen LogP contribution in [0.4, 0.5) is 30.2 Å². The third kappa shape index (κ3) is 4.07. The molecule has 0 aromatic heterocycles. The molecule has 144 valence electrons. The molecule has 0 bridgehead atoms. The topological polar surface area (TPSA) is 58.8 Å². The second-order valence-electron chi connectivity index (χ2n) is 6.13. The number of rotatable bonds is 4. The zero-order valence-corrected chi connectivity index (χ0v) is 14.6. The third-order valence-electron chi connectivity index (χ3n) is 4.54. The van der Waals surface area contributed by atoms with Crippen LogP contribution in [0.3, 0.4) is 0 Å². The quantitative estimate of drug-likeness (QED) is 0.593. The summed E-state index contributed by atoms with van der Waals surface area (Å²) in [5.74, 6) is 0.730. The third-order valence-corrected chi connectivity index (χ3v) is 4.54. The van der Waals surface area contributed by atoms with Crippen molar-refractivity contribution >= 4 is 17.1 Å². The molecule has 0 aliphatic carbocycles. The van der Waals surface area contributed by atoms with Gasteiger partial charge in [0.05, 0.1) is 17.6 Å². The van der Waals surface area contributed by atoms with E-state index in [0.717, 1.165) is 17.5 Å². The zero-order valence-electron chi connectivity index (χ0n) is 14.6. The number of anilines is 2. The van der Waals surface area contributed by atoms with Crippen LogP contribution in [0.1, 0.15) is 5.56 Å². The lowest BCUT2D eigenvalue weighted by Crippen LogP contribution is -2.46. The van der Waals surface area contributed by atoms with E-state index in [4.69, 9.17) is 4.74 Å². The molecule has 2 aromatic rings. The number of nitro benzene ring substituents is 1. The molecule has 0 spiro atoms. The van der Waals surface area contributed by atoms with Crippen molar-refractivity contribution in [2.24, 2.45) is 0 Å². The molecule has 1 saturated heterocycles. The molecule has 6 nitrogen and oxygen atoms in total. The Bertz CT molecular complexity index is 834. The van der Waals surface area contributed by atoms with E-state index >= 15 is 0 Å². The predicted octanol–water partition coefficient (Wildman–Crippen LogP) is 3.95. The molecular formula is C18H18F3N3O3. The summed E-state index contributed by atoms with van der Waals surface area (Å²) in [6.45, 7) is 2.10. The average Bonchev–Trinajstić information content (AvgIpc) is 2.67. The molecule has 9 heteroatoms. The molecule has 0 radical (unpaired) electrons. The monoisotopic (exact) mass is 381 g/mol. The van der Waals surface area contributed by atoms with Gasteiger partial charge in [0.15, 0.2) is 0 Å². The van der Waals surface area contributed by atoms with Crippen LogP contribution in [-0.4, -0.2) is 38.2 Å². The van der Waals surface area contributed by atoms with E-state index in [9.17, 15) is 23.3 Å². The first-order valence-corrected chi connectivity index (χ1v) is 8.29. The van der Waals surface area contributed by atoms with E-state index in [1.807, 2.05) is 24.3 Å². The second kappa shape index (κ2) is 7.34. The summed E-state index contributed by atoms with van der Waals surface area (Å²) in [5, 5.41) is 11.3. The van der Waals surface area contributed by atoms with Crippen LogP contribution in [0, 0.1) is 10.1 Å². The van der Waals surface area contributed by atoms with Crippen LogP contribution in [0.2, 0.25) is 0 Å². The first-order valence-electron chi connectivity index (χ1n) is 8.29. The van der Waals surface area contributed by atoms with Gasteiger partial charge in [-0.1, -0.05) is 6.07 Å². The highest BCUT2D eigenvalue weighted by atomic mass is 19.4. The van der Waals surface area contributed by atoms with Gasteiger partial charge < -0.3 is 14.5 Å². The average molecular weight is 381 g/mol. The summed E-state index contributed by atoms with van der Waals surface area (Å²) >= 11 is 0. The fourth-order valence-electron chi connectivity index (χ4n) is 3.13. The van der Waals surface area contributed by atoms with E-state index in [0.29, 0.717) is 32.2 Å². The minimum atomic E-state index is -4.62. The molecule has 0 unspecified atom stereocenters. The molecule has 0 atom stereocenters. The summed E-state index contributed by atoms with van der Waals surface area (Å²) in [6, 6.07) is 10.2. The molecule has 1 aliphatic heterocycles. The maximum atomic E-state index is 12.9. The Labute approximate surface area is 153 Å². The van der Waals surface area contributed by atoms with E-state index in [1.54, 1.807) is 12.0 Å². The molecule has 1 aliphatic rings. The number of alkyl halides is 3. The van der Waals surface area contributed by atoms with Crippen molar-refractivity contribution in [3.8, 4) is 5.75 Å². The van der Waals surface area contributed by atoms with Gasteiger partial charge in [0, 0.05) is 44.0 Å². The van der Waals surface area contributed by atoms with Crippen LogP contribution in [0.25, 0.3) is 0 Å². The lowest BCUT2D eigenvalue weighted by molar-refractivity contribution is -0.384. The molecular weight excluding hydrogens is 363 g/mol. The lowest BCUT2D eigenvalue weighted by atomic mass is 10.1. The minimum Gasteiger partial charge on any atom is -0.497 e. The molecule has 0 saturated carbocycles. The number of methoxy groups -OCH3 is 1. The van der Waals surface area contributed by atoms with Gasteiger partial charge in [0.25, 0.3) is 5.69 Å². The highest BCUT2D eigenvalue weighted by Gasteiger charge is 2.34. The summed E-state index contributed by atoms with van der Waals surface area (Å²) in [7, 11) is 1.58. The van der Waals surface area contributed by atoms with Gasteiger partial charge in [0.2, 0.25) is 0 Å². The van der Waals surface area contributed by atoms with Gasteiger partial charge in [-0.3, -0.25) is 10.1 Å². The van der Waals surface area contributed by atoms with Gasteiger partial charge in [-0.15, -0.1) is 0 Å². The van der Waals surface area contributed by atoms with Crippen LogP contribution < -0.4 is 14.5 Å². The van der Waals surface area contributed by atoms with Crippen LogP contribution in [-0.2, 0) is 6.18 Å². The molecule has 0 amide bonds. The Kier molecular flexibility index (Phi) is 5.11. The number of benzene rings is 2. The van der Waals surface area contributed by atoms with E-state index in [-0.39, 0.29) is 5.69 Å². The Hall–Kier alpha value is -2.97. The Morgan fingerprint density at radius 2 is 1.70 bits per heavy atom. The van der Waals surface area contributed by atoms with Gasteiger partial charge in [-0.2, -0.15) is 13.2 Å². The number of nitro groups is 1. The fourth-order valence-corrected chi connectivity index (χ4v) is 3.13. The summed E-state index contributed by atoms with van der Waals surface area (Å²) < 4.78 is 43.8. The van der Waals surface area contributed by atoms with Crippen LogP contribution >= 0.6 is 0 Å². The van der Waals surface area contributed by atoms with Crippen molar-refractivity contribution in [2.45, 2.75) is 6.18 Å². The maximum Gasteiger partial charge on any atom is 0.416 e. The van der Waals surface area contributed by atoms with Crippen LogP contribution in [0.15, 0.2) is 42.5 Å². The molecule has 0 N–H and O–H groups in total. The van der Waals surface area contributed by atoms with Gasteiger partial charge >= 0.3 is 6.18 Å². The second-order valence-corrected chi connectivity index (χ2v) is 6.13. The Morgan fingerprint density at radius 3 is 2.30 bits per heavy atom. The van der Waals surface area contributed by atoms with E-state index in [1.165, 1.54) is 6.07 Å².